The molecular weight excluding hydrogens is 238 g/mol. The van der Waals surface area contributed by atoms with Crippen molar-refractivity contribution in [3.63, 3.8) is 0 Å². The number of hydrogen-bond acceptors (Lipinski definition) is 5. The molecule has 19 heavy (non-hydrogen) atoms. The van der Waals surface area contributed by atoms with Crippen LogP contribution in [0.25, 0.3) is 0 Å². The summed E-state index contributed by atoms with van der Waals surface area (Å²) in [5.41, 5.74) is 0. The van der Waals surface area contributed by atoms with Gasteiger partial charge in [0.2, 0.25) is 5.95 Å². The van der Waals surface area contributed by atoms with E-state index in [1.54, 1.807) is 6.20 Å². The van der Waals surface area contributed by atoms with Crippen molar-refractivity contribution in [3.8, 4) is 0 Å². The summed E-state index contributed by atoms with van der Waals surface area (Å²) >= 11 is 0. The van der Waals surface area contributed by atoms with Crippen molar-refractivity contribution in [3.05, 3.63) is 12.3 Å². The Morgan fingerprint density at radius 1 is 1.26 bits per heavy atom. The van der Waals surface area contributed by atoms with Crippen LogP contribution in [0.5, 0.6) is 0 Å². The molecule has 0 radical (unpaired) electrons. The summed E-state index contributed by atoms with van der Waals surface area (Å²) in [6, 6.07) is 1.93. The van der Waals surface area contributed by atoms with E-state index < -0.39 is 0 Å². The smallest absolute Gasteiger partial charge is 0.224 e. The van der Waals surface area contributed by atoms with Crippen LogP contribution in [-0.2, 0) is 0 Å². The van der Waals surface area contributed by atoms with Crippen molar-refractivity contribution in [2.75, 3.05) is 43.4 Å². The number of piperidine rings is 1. The Morgan fingerprint density at radius 2 is 2.05 bits per heavy atom. The molecule has 0 atom stereocenters. The predicted molar refractivity (Wildman–Crippen MR) is 79.5 cm³/mol. The maximum absolute atomic E-state index is 4.43. The maximum Gasteiger partial charge on any atom is 0.224 e. The molecule has 0 aliphatic carbocycles. The van der Waals surface area contributed by atoms with Crippen molar-refractivity contribution in [1.29, 1.82) is 0 Å². The first-order chi connectivity index (χ1) is 9.31. The molecule has 0 spiro atoms. The summed E-state index contributed by atoms with van der Waals surface area (Å²) in [6.07, 6.45) is 4.37. The first-order valence-electron chi connectivity index (χ1n) is 7.35. The van der Waals surface area contributed by atoms with Crippen LogP contribution in [0.2, 0.25) is 0 Å². The minimum Gasteiger partial charge on any atom is -0.370 e. The van der Waals surface area contributed by atoms with E-state index in [4.69, 9.17) is 0 Å². The summed E-state index contributed by atoms with van der Waals surface area (Å²) in [6.45, 7) is 9.79. The van der Waals surface area contributed by atoms with Gasteiger partial charge in [-0.15, -0.1) is 0 Å². The van der Waals surface area contributed by atoms with E-state index in [0.29, 0.717) is 5.95 Å². The Kier molecular flexibility index (Phi) is 5.39. The highest BCUT2D eigenvalue weighted by Crippen LogP contribution is 2.17. The lowest BCUT2D eigenvalue weighted by Gasteiger charge is -2.31. The van der Waals surface area contributed by atoms with Crippen LogP contribution in [0.4, 0.5) is 11.8 Å². The van der Waals surface area contributed by atoms with Crippen molar-refractivity contribution in [2.24, 2.45) is 5.92 Å². The normalized spacial score (nSPS) is 17.4. The molecule has 2 rings (SSSR count). The minimum absolute atomic E-state index is 0.702. The second-order valence-corrected chi connectivity index (χ2v) is 5.05. The zero-order chi connectivity index (χ0) is 13.5. The molecule has 1 saturated heterocycles. The van der Waals surface area contributed by atoms with E-state index in [9.17, 15) is 0 Å². The summed E-state index contributed by atoms with van der Waals surface area (Å²) < 4.78 is 0. The molecule has 0 aromatic carbocycles. The molecule has 5 heteroatoms. The van der Waals surface area contributed by atoms with E-state index in [1.165, 1.54) is 32.5 Å². The number of hydrogen-bond donors (Lipinski definition) is 2. The fourth-order valence-corrected chi connectivity index (χ4v) is 2.46. The molecule has 1 aliphatic heterocycles. The van der Waals surface area contributed by atoms with Crippen molar-refractivity contribution >= 4 is 11.8 Å². The number of anilines is 2. The van der Waals surface area contributed by atoms with Gasteiger partial charge in [-0.25, -0.2) is 4.98 Å². The third kappa shape index (κ3) is 4.35. The quantitative estimate of drug-likeness (QED) is 0.822. The Morgan fingerprint density at radius 3 is 2.74 bits per heavy atom. The van der Waals surface area contributed by atoms with Crippen LogP contribution in [0.1, 0.15) is 26.7 Å². The van der Waals surface area contributed by atoms with Gasteiger partial charge in [-0.1, -0.05) is 6.92 Å². The molecule has 2 N–H and O–H groups in total. The monoisotopic (exact) mass is 263 g/mol. The average Bonchev–Trinajstić information content (AvgIpc) is 2.46. The van der Waals surface area contributed by atoms with Gasteiger partial charge in [-0.2, -0.15) is 4.98 Å². The maximum atomic E-state index is 4.43. The van der Waals surface area contributed by atoms with Gasteiger partial charge in [0, 0.05) is 19.3 Å². The fourth-order valence-electron chi connectivity index (χ4n) is 2.46. The van der Waals surface area contributed by atoms with Crippen molar-refractivity contribution in [1.82, 2.24) is 14.9 Å². The number of nitrogens with zero attached hydrogens (tertiary/aromatic N) is 3. The lowest BCUT2D eigenvalue weighted by atomic mass is 9.97. The highest BCUT2D eigenvalue weighted by Gasteiger charge is 2.17. The van der Waals surface area contributed by atoms with Gasteiger partial charge in [0.15, 0.2) is 0 Å². The molecule has 0 bridgehead atoms. The predicted octanol–water partition coefficient (Wildman–Crippen LogP) is 2.05. The molecular formula is C14H25N5. The van der Waals surface area contributed by atoms with Gasteiger partial charge >= 0.3 is 0 Å². The molecule has 106 valence electrons. The SMILES string of the molecule is CCNc1nccc(NCC2CCN(CC)CC2)n1. The summed E-state index contributed by atoms with van der Waals surface area (Å²) in [7, 11) is 0. The standard InChI is InChI=1S/C14H25N5/c1-3-15-14-16-8-5-13(18-14)17-11-12-6-9-19(4-2)10-7-12/h5,8,12H,3-4,6-7,9-11H2,1-2H3,(H2,15,16,17,18). The van der Waals surface area contributed by atoms with E-state index in [2.05, 4.69) is 32.4 Å². The largest absolute Gasteiger partial charge is 0.370 e. The molecule has 1 fully saturated rings. The van der Waals surface area contributed by atoms with Crippen LogP contribution < -0.4 is 10.6 Å². The first kappa shape index (κ1) is 14.1. The number of aromatic nitrogens is 2. The number of rotatable bonds is 6. The van der Waals surface area contributed by atoms with Crippen LogP contribution in [-0.4, -0.2) is 47.6 Å². The van der Waals surface area contributed by atoms with Crippen molar-refractivity contribution < 1.29 is 0 Å². The van der Waals surface area contributed by atoms with Gasteiger partial charge in [-0.05, 0) is 51.4 Å². The third-order valence-corrected chi connectivity index (χ3v) is 3.72. The molecule has 1 aliphatic rings. The van der Waals surface area contributed by atoms with E-state index >= 15 is 0 Å². The average molecular weight is 263 g/mol. The summed E-state index contributed by atoms with van der Waals surface area (Å²) in [4.78, 5) is 11.1. The number of likely N-dealkylation sites (tertiary alicyclic amines) is 1. The Bertz CT molecular complexity index is 374. The van der Waals surface area contributed by atoms with Crippen LogP contribution in [0, 0.1) is 5.92 Å². The highest BCUT2D eigenvalue weighted by molar-refractivity contribution is 5.39. The van der Waals surface area contributed by atoms with Gasteiger partial charge in [-0.3, -0.25) is 0 Å². The Hall–Kier alpha value is -1.36. The minimum atomic E-state index is 0.702. The van der Waals surface area contributed by atoms with Crippen LogP contribution in [0.15, 0.2) is 12.3 Å². The lowest BCUT2D eigenvalue weighted by molar-refractivity contribution is 0.198. The Balaban J connectivity index is 1.77. The van der Waals surface area contributed by atoms with Gasteiger partial charge in [0.05, 0.1) is 0 Å². The lowest BCUT2D eigenvalue weighted by Crippen LogP contribution is -2.35. The summed E-state index contributed by atoms with van der Waals surface area (Å²) in [5.74, 6) is 2.39. The molecule has 1 aromatic heterocycles. The molecule has 0 unspecified atom stereocenters. The second kappa shape index (κ2) is 7.28. The van der Waals surface area contributed by atoms with Gasteiger partial charge in [0.1, 0.15) is 5.82 Å². The van der Waals surface area contributed by atoms with E-state index in [-0.39, 0.29) is 0 Å². The second-order valence-electron chi connectivity index (χ2n) is 5.05. The molecule has 1 aromatic rings. The van der Waals surface area contributed by atoms with Gasteiger partial charge < -0.3 is 15.5 Å². The van der Waals surface area contributed by atoms with Crippen molar-refractivity contribution in [2.45, 2.75) is 26.7 Å². The molecule has 5 nitrogen and oxygen atoms in total. The van der Waals surface area contributed by atoms with E-state index in [0.717, 1.165) is 24.8 Å². The summed E-state index contributed by atoms with van der Waals surface area (Å²) in [5, 5.41) is 6.57. The van der Waals surface area contributed by atoms with Gasteiger partial charge in [0.25, 0.3) is 0 Å². The Labute approximate surface area is 115 Å². The molecule has 2 heterocycles. The topological polar surface area (TPSA) is 53.1 Å². The first-order valence-corrected chi connectivity index (χ1v) is 7.35. The van der Waals surface area contributed by atoms with Crippen LogP contribution in [0.3, 0.4) is 0 Å². The highest BCUT2D eigenvalue weighted by atomic mass is 15.1. The zero-order valence-electron chi connectivity index (χ0n) is 12.0. The van der Waals surface area contributed by atoms with Crippen LogP contribution >= 0.6 is 0 Å². The third-order valence-electron chi connectivity index (χ3n) is 3.72. The fraction of sp³-hybridized carbons (Fsp3) is 0.714. The number of nitrogens with one attached hydrogen (secondary N) is 2. The molecule has 0 saturated carbocycles. The van der Waals surface area contributed by atoms with E-state index in [1.807, 2.05) is 13.0 Å². The molecule has 0 amide bonds. The zero-order valence-corrected chi connectivity index (χ0v) is 12.0.